The molecule has 0 aliphatic carbocycles. The first-order valence-corrected chi connectivity index (χ1v) is 5.07. The molecule has 0 N–H and O–H groups in total. The fourth-order valence-corrected chi connectivity index (χ4v) is 2.26. The maximum absolute atomic E-state index is 5.96. The highest BCUT2D eigenvalue weighted by Crippen LogP contribution is 2.31. The van der Waals surface area contributed by atoms with Crippen molar-refractivity contribution in [3.63, 3.8) is 0 Å². The van der Waals surface area contributed by atoms with E-state index in [9.17, 15) is 0 Å². The molecule has 3 heteroatoms. The lowest BCUT2D eigenvalue weighted by Gasteiger charge is -2.10. The number of benzene rings is 1. The molecule has 0 saturated carbocycles. The molecule has 1 aliphatic heterocycles. The van der Waals surface area contributed by atoms with Gasteiger partial charge in [0.2, 0.25) is 0 Å². The zero-order valence-corrected chi connectivity index (χ0v) is 7.98. The van der Waals surface area contributed by atoms with E-state index in [1.54, 1.807) is 16.2 Å². The third-order valence-electron chi connectivity index (χ3n) is 1.71. The largest absolute Gasteiger partial charge is 0.274 e. The van der Waals surface area contributed by atoms with Gasteiger partial charge in [0.1, 0.15) is 0 Å². The first kappa shape index (κ1) is 8.02. The highest BCUT2D eigenvalue weighted by atomic mass is 35.5. The lowest BCUT2D eigenvalue weighted by molar-refractivity contribution is 0.766. The van der Waals surface area contributed by atoms with Crippen LogP contribution in [0.15, 0.2) is 35.7 Å². The summed E-state index contributed by atoms with van der Waals surface area (Å²) < 4.78 is 1.74. The average Bonchev–Trinajstić information content (AvgIpc) is 2.53. The lowest BCUT2D eigenvalue weighted by atomic mass is 10.2. The van der Waals surface area contributed by atoms with Crippen LogP contribution in [-0.4, -0.2) is 10.3 Å². The molecule has 1 aromatic carbocycles. The Bertz CT molecular complexity index is 297. The molecule has 1 aromatic rings. The van der Waals surface area contributed by atoms with Crippen molar-refractivity contribution < 1.29 is 0 Å². The number of thioether (sulfide) groups is 1. The zero-order valence-electron chi connectivity index (χ0n) is 6.40. The van der Waals surface area contributed by atoms with Crippen molar-refractivity contribution in [1.29, 1.82) is 0 Å². The van der Waals surface area contributed by atoms with Gasteiger partial charge in [0.25, 0.3) is 0 Å². The Labute approximate surface area is 81.1 Å². The van der Waals surface area contributed by atoms with Crippen molar-refractivity contribution in [2.75, 3.05) is 5.88 Å². The normalized spacial score (nSPS) is 16.4. The third kappa shape index (κ3) is 1.45. The maximum atomic E-state index is 5.96. The van der Waals surface area contributed by atoms with Gasteiger partial charge in [-0.25, -0.2) is 0 Å². The lowest BCUT2D eigenvalue weighted by Crippen LogP contribution is -2.03. The summed E-state index contributed by atoms with van der Waals surface area (Å²) in [5, 5.41) is 2.09. The standard InChI is InChI=1S/C9H8ClNS/c10-11-7-12-6-9(11)8-4-2-1-3-5-8/h1-6H,7H2. The second kappa shape index (κ2) is 3.42. The number of halogens is 1. The quantitative estimate of drug-likeness (QED) is 0.637. The van der Waals surface area contributed by atoms with Gasteiger partial charge in [0, 0.05) is 11.8 Å². The van der Waals surface area contributed by atoms with E-state index >= 15 is 0 Å². The number of hydrogen-bond acceptors (Lipinski definition) is 2. The van der Waals surface area contributed by atoms with E-state index < -0.39 is 0 Å². The second-order valence-corrected chi connectivity index (χ2v) is 3.76. The summed E-state index contributed by atoms with van der Waals surface area (Å²) in [4.78, 5) is 0. The minimum atomic E-state index is 0.839. The van der Waals surface area contributed by atoms with Crippen molar-refractivity contribution in [2.45, 2.75) is 0 Å². The minimum absolute atomic E-state index is 0.839. The molecule has 0 amide bonds. The average molecular weight is 198 g/mol. The van der Waals surface area contributed by atoms with Gasteiger partial charge >= 0.3 is 0 Å². The number of nitrogens with zero attached hydrogens (tertiary/aromatic N) is 1. The second-order valence-electron chi connectivity index (χ2n) is 2.53. The summed E-state index contributed by atoms with van der Waals surface area (Å²) in [6.07, 6.45) is 0. The fourth-order valence-electron chi connectivity index (χ4n) is 1.13. The molecule has 1 aliphatic rings. The van der Waals surface area contributed by atoms with E-state index in [4.69, 9.17) is 11.8 Å². The predicted octanol–water partition coefficient (Wildman–Crippen LogP) is 3.15. The van der Waals surface area contributed by atoms with E-state index in [1.165, 1.54) is 5.56 Å². The van der Waals surface area contributed by atoms with E-state index in [2.05, 4.69) is 17.5 Å². The van der Waals surface area contributed by atoms with Crippen LogP contribution >= 0.6 is 23.5 Å². The summed E-state index contributed by atoms with van der Waals surface area (Å²) in [7, 11) is 0. The van der Waals surface area contributed by atoms with Crippen LogP contribution in [-0.2, 0) is 0 Å². The van der Waals surface area contributed by atoms with Crippen LogP contribution < -0.4 is 0 Å². The maximum Gasteiger partial charge on any atom is 0.0845 e. The molecule has 0 unspecified atom stereocenters. The number of hydrogen-bond donors (Lipinski definition) is 0. The molecule has 62 valence electrons. The van der Waals surface area contributed by atoms with Crippen LogP contribution in [0, 0.1) is 0 Å². The SMILES string of the molecule is ClN1CSC=C1c1ccccc1. The Morgan fingerprint density at radius 1 is 1.25 bits per heavy atom. The molecule has 0 atom stereocenters. The molecule has 12 heavy (non-hydrogen) atoms. The van der Waals surface area contributed by atoms with E-state index in [-0.39, 0.29) is 0 Å². The van der Waals surface area contributed by atoms with Crippen molar-refractivity contribution in [3.8, 4) is 0 Å². The van der Waals surface area contributed by atoms with Gasteiger partial charge in [0.05, 0.1) is 11.6 Å². The Morgan fingerprint density at radius 3 is 2.58 bits per heavy atom. The first-order valence-electron chi connectivity index (χ1n) is 3.68. The molecule has 0 bridgehead atoms. The third-order valence-corrected chi connectivity index (χ3v) is 2.95. The number of rotatable bonds is 1. The molecule has 0 aromatic heterocycles. The van der Waals surface area contributed by atoms with Crippen LogP contribution in [0.5, 0.6) is 0 Å². The molecule has 0 radical (unpaired) electrons. The Balaban J connectivity index is 2.31. The van der Waals surface area contributed by atoms with Gasteiger partial charge in [0.15, 0.2) is 0 Å². The minimum Gasteiger partial charge on any atom is -0.274 e. The Kier molecular flexibility index (Phi) is 2.28. The van der Waals surface area contributed by atoms with Gasteiger partial charge in [-0.05, 0) is 11.0 Å². The van der Waals surface area contributed by atoms with Gasteiger partial charge in [-0.3, -0.25) is 4.42 Å². The van der Waals surface area contributed by atoms with Crippen LogP contribution in [0.1, 0.15) is 5.56 Å². The van der Waals surface area contributed by atoms with E-state index in [0.29, 0.717) is 0 Å². The summed E-state index contributed by atoms with van der Waals surface area (Å²) in [5.41, 5.74) is 2.28. The molecule has 0 saturated heterocycles. The first-order chi connectivity index (χ1) is 5.88. The predicted molar refractivity (Wildman–Crippen MR) is 54.6 cm³/mol. The van der Waals surface area contributed by atoms with Crippen LogP contribution in [0.3, 0.4) is 0 Å². The van der Waals surface area contributed by atoms with Crippen molar-refractivity contribution in [3.05, 3.63) is 41.3 Å². The molecule has 1 nitrogen and oxygen atoms in total. The van der Waals surface area contributed by atoms with Gasteiger partial charge in [-0.15, -0.1) is 11.8 Å². The van der Waals surface area contributed by atoms with Gasteiger partial charge < -0.3 is 0 Å². The Morgan fingerprint density at radius 2 is 2.00 bits per heavy atom. The van der Waals surface area contributed by atoms with E-state index in [1.807, 2.05) is 18.2 Å². The summed E-state index contributed by atoms with van der Waals surface area (Å²) in [6, 6.07) is 10.2. The molecule has 1 heterocycles. The molecule has 2 rings (SSSR count). The van der Waals surface area contributed by atoms with E-state index in [0.717, 1.165) is 11.6 Å². The van der Waals surface area contributed by atoms with Gasteiger partial charge in [-0.2, -0.15) is 0 Å². The molecular weight excluding hydrogens is 190 g/mol. The molecule has 0 spiro atoms. The summed E-state index contributed by atoms with van der Waals surface area (Å²) >= 11 is 7.67. The van der Waals surface area contributed by atoms with Crippen molar-refractivity contribution >= 4 is 29.2 Å². The van der Waals surface area contributed by atoms with Crippen LogP contribution in [0.2, 0.25) is 0 Å². The monoisotopic (exact) mass is 197 g/mol. The van der Waals surface area contributed by atoms with Crippen LogP contribution in [0.4, 0.5) is 0 Å². The highest BCUT2D eigenvalue weighted by molar-refractivity contribution is 8.02. The van der Waals surface area contributed by atoms with Gasteiger partial charge in [-0.1, -0.05) is 30.3 Å². The summed E-state index contributed by atoms with van der Waals surface area (Å²) in [6.45, 7) is 0. The van der Waals surface area contributed by atoms with Crippen molar-refractivity contribution in [1.82, 2.24) is 4.42 Å². The summed E-state index contributed by atoms with van der Waals surface area (Å²) in [5.74, 6) is 0.839. The fraction of sp³-hybridized carbons (Fsp3) is 0.111. The zero-order chi connectivity index (χ0) is 8.39. The highest BCUT2D eigenvalue weighted by Gasteiger charge is 2.13. The molecule has 0 fully saturated rings. The molecular formula is C9H8ClNS. The smallest absolute Gasteiger partial charge is 0.0845 e. The van der Waals surface area contributed by atoms with Crippen LogP contribution in [0.25, 0.3) is 5.70 Å². The van der Waals surface area contributed by atoms with Crippen molar-refractivity contribution in [2.24, 2.45) is 0 Å². The Hall–Kier alpha value is -0.600. The topological polar surface area (TPSA) is 3.24 Å².